The third kappa shape index (κ3) is 2.45. The lowest BCUT2D eigenvalue weighted by molar-refractivity contribution is -0.380. The number of hydrogen-bond donors (Lipinski definition) is 0. The summed E-state index contributed by atoms with van der Waals surface area (Å²) in [5.74, 6) is 0. The van der Waals surface area contributed by atoms with Crippen molar-refractivity contribution in [2.45, 2.75) is 26.1 Å². The molecule has 1 atom stereocenters. The van der Waals surface area contributed by atoms with Gasteiger partial charge in [-0.3, -0.25) is 10.1 Å². The Bertz CT molecular complexity index is 343. The highest BCUT2D eigenvalue weighted by atomic mass is 35.5. The summed E-state index contributed by atoms with van der Waals surface area (Å²) >= 11 is 7.33. The third-order valence-electron chi connectivity index (χ3n) is 1.80. The summed E-state index contributed by atoms with van der Waals surface area (Å²) in [5, 5.41) is 10.4. The maximum absolute atomic E-state index is 10.5. The van der Waals surface area contributed by atoms with E-state index in [1.54, 1.807) is 6.07 Å². The van der Waals surface area contributed by atoms with Crippen LogP contribution in [0.4, 0.5) is 5.00 Å². The average molecular weight is 234 g/mol. The summed E-state index contributed by atoms with van der Waals surface area (Å²) in [6.45, 7) is 6.03. The summed E-state index contributed by atoms with van der Waals surface area (Å²) < 4.78 is 0. The van der Waals surface area contributed by atoms with Crippen LogP contribution in [-0.4, -0.2) is 4.92 Å². The molecule has 1 rings (SSSR count). The van der Waals surface area contributed by atoms with E-state index >= 15 is 0 Å². The lowest BCUT2D eigenvalue weighted by atomic mass is 9.91. The van der Waals surface area contributed by atoms with Gasteiger partial charge < -0.3 is 0 Å². The molecule has 0 bridgehead atoms. The second-order valence-corrected chi connectivity index (χ2v) is 5.69. The van der Waals surface area contributed by atoms with Gasteiger partial charge in [0.1, 0.15) is 0 Å². The minimum atomic E-state index is -0.388. The van der Waals surface area contributed by atoms with Crippen molar-refractivity contribution < 1.29 is 4.92 Å². The van der Waals surface area contributed by atoms with E-state index in [4.69, 9.17) is 11.6 Å². The number of halogens is 1. The molecule has 0 fully saturated rings. The van der Waals surface area contributed by atoms with Crippen molar-refractivity contribution in [2.75, 3.05) is 0 Å². The molecule has 1 aromatic heterocycles. The quantitative estimate of drug-likeness (QED) is 0.441. The summed E-state index contributed by atoms with van der Waals surface area (Å²) in [4.78, 5) is 10.9. The van der Waals surface area contributed by atoms with Crippen LogP contribution in [0.15, 0.2) is 12.1 Å². The van der Waals surface area contributed by atoms with Gasteiger partial charge in [0.15, 0.2) is 0 Å². The second-order valence-electron chi connectivity index (χ2n) is 4.16. The van der Waals surface area contributed by atoms with Crippen molar-refractivity contribution >= 4 is 27.9 Å². The Morgan fingerprint density at radius 1 is 1.50 bits per heavy atom. The fraction of sp³-hybridized carbons (Fsp3) is 0.556. The topological polar surface area (TPSA) is 43.1 Å². The first-order valence-electron chi connectivity index (χ1n) is 4.20. The molecule has 0 amide bonds. The maximum Gasteiger partial charge on any atom is 0.324 e. The third-order valence-corrected chi connectivity index (χ3v) is 3.92. The van der Waals surface area contributed by atoms with E-state index in [-0.39, 0.29) is 20.7 Å². The Hall–Kier alpha value is -0.610. The molecule has 0 aliphatic rings. The molecule has 1 heterocycles. The number of rotatable bonds is 2. The Labute approximate surface area is 91.9 Å². The first kappa shape index (κ1) is 11.5. The molecule has 0 saturated carbocycles. The van der Waals surface area contributed by atoms with Gasteiger partial charge in [-0.05, 0) is 11.5 Å². The molecule has 0 saturated heterocycles. The molecule has 14 heavy (non-hydrogen) atoms. The Kier molecular flexibility index (Phi) is 3.17. The van der Waals surface area contributed by atoms with Gasteiger partial charge in [0.25, 0.3) is 0 Å². The predicted molar refractivity (Wildman–Crippen MR) is 59.0 cm³/mol. The van der Waals surface area contributed by atoms with Crippen molar-refractivity contribution in [1.29, 1.82) is 0 Å². The smallest absolute Gasteiger partial charge is 0.258 e. The van der Waals surface area contributed by atoms with Gasteiger partial charge in [-0.25, -0.2) is 0 Å². The lowest BCUT2D eigenvalue weighted by Crippen LogP contribution is -2.11. The molecular weight excluding hydrogens is 222 g/mol. The summed E-state index contributed by atoms with van der Waals surface area (Å²) in [5.41, 5.74) is -0.0831. The van der Waals surface area contributed by atoms with Gasteiger partial charge in [-0.1, -0.05) is 32.1 Å². The molecule has 0 spiro atoms. The van der Waals surface area contributed by atoms with Crippen LogP contribution in [-0.2, 0) is 0 Å². The standard InChI is InChI=1S/C9H12ClNO2S/c1-9(2,3)8(10)6-4-5-7(14-6)11(12)13/h4-5,8H,1-3H3. The van der Waals surface area contributed by atoms with Crippen LogP contribution in [0.2, 0.25) is 0 Å². The Morgan fingerprint density at radius 3 is 2.43 bits per heavy atom. The summed E-state index contributed by atoms with van der Waals surface area (Å²) in [6, 6.07) is 3.23. The van der Waals surface area contributed by atoms with Gasteiger partial charge >= 0.3 is 5.00 Å². The number of hydrogen-bond acceptors (Lipinski definition) is 3. The fourth-order valence-corrected chi connectivity index (χ4v) is 2.25. The van der Waals surface area contributed by atoms with Gasteiger partial charge in [0, 0.05) is 10.9 Å². The van der Waals surface area contributed by atoms with Crippen molar-refractivity contribution in [3.63, 3.8) is 0 Å². The monoisotopic (exact) mass is 233 g/mol. The fourth-order valence-electron chi connectivity index (χ4n) is 1.00. The Morgan fingerprint density at radius 2 is 2.07 bits per heavy atom. The van der Waals surface area contributed by atoms with E-state index in [9.17, 15) is 10.1 Å². The molecule has 0 N–H and O–H groups in total. The lowest BCUT2D eigenvalue weighted by Gasteiger charge is -2.23. The molecule has 0 aliphatic heterocycles. The molecule has 1 unspecified atom stereocenters. The predicted octanol–water partition coefficient (Wildman–Crippen LogP) is 3.98. The molecule has 5 heteroatoms. The molecule has 1 aromatic rings. The number of nitro groups is 1. The summed E-state index contributed by atoms with van der Waals surface area (Å²) in [6.07, 6.45) is 0. The largest absolute Gasteiger partial charge is 0.324 e. The molecule has 0 aliphatic carbocycles. The SMILES string of the molecule is CC(C)(C)C(Cl)c1ccc([N+](=O)[O-])s1. The highest BCUT2D eigenvalue weighted by Gasteiger charge is 2.26. The number of nitrogens with zero attached hydrogens (tertiary/aromatic N) is 1. The first-order chi connectivity index (χ1) is 6.32. The molecule has 0 radical (unpaired) electrons. The highest BCUT2D eigenvalue weighted by molar-refractivity contribution is 7.15. The average Bonchev–Trinajstić information content (AvgIpc) is 2.48. The van der Waals surface area contributed by atoms with E-state index in [0.717, 1.165) is 16.2 Å². The molecular formula is C9H12ClNO2S. The Balaban J connectivity index is 2.92. The van der Waals surface area contributed by atoms with Gasteiger partial charge in [-0.2, -0.15) is 0 Å². The van der Waals surface area contributed by atoms with Crippen molar-refractivity contribution in [3.8, 4) is 0 Å². The van der Waals surface area contributed by atoms with Crippen LogP contribution in [0, 0.1) is 15.5 Å². The molecule has 78 valence electrons. The van der Waals surface area contributed by atoms with Crippen LogP contribution in [0.3, 0.4) is 0 Å². The zero-order valence-electron chi connectivity index (χ0n) is 8.28. The van der Waals surface area contributed by atoms with Crippen LogP contribution >= 0.6 is 22.9 Å². The van der Waals surface area contributed by atoms with Crippen molar-refractivity contribution in [3.05, 3.63) is 27.1 Å². The first-order valence-corrected chi connectivity index (χ1v) is 5.46. The van der Waals surface area contributed by atoms with E-state index in [1.807, 2.05) is 20.8 Å². The van der Waals surface area contributed by atoms with Crippen LogP contribution in [0.5, 0.6) is 0 Å². The highest BCUT2D eigenvalue weighted by Crippen LogP contribution is 2.42. The van der Waals surface area contributed by atoms with Gasteiger partial charge in [0.05, 0.1) is 10.3 Å². The zero-order valence-corrected chi connectivity index (χ0v) is 9.85. The van der Waals surface area contributed by atoms with E-state index in [2.05, 4.69) is 0 Å². The van der Waals surface area contributed by atoms with Crippen LogP contribution < -0.4 is 0 Å². The minimum Gasteiger partial charge on any atom is -0.258 e. The van der Waals surface area contributed by atoms with E-state index < -0.39 is 0 Å². The van der Waals surface area contributed by atoms with Gasteiger partial charge in [0.2, 0.25) is 0 Å². The normalized spacial score (nSPS) is 14.0. The zero-order chi connectivity index (χ0) is 10.9. The number of alkyl halides is 1. The minimum absolute atomic E-state index is 0.0831. The summed E-state index contributed by atoms with van der Waals surface area (Å²) in [7, 11) is 0. The molecule has 3 nitrogen and oxygen atoms in total. The number of thiophene rings is 1. The molecule has 0 aromatic carbocycles. The van der Waals surface area contributed by atoms with Crippen LogP contribution in [0.25, 0.3) is 0 Å². The maximum atomic E-state index is 10.5. The van der Waals surface area contributed by atoms with E-state index in [0.29, 0.717) is 0 Å². The van der Waals surface area contributed by atoms with Crippen molar-refractivity contribution in [2.24, 2.45) is 5.41 Å². The second kappa shape index (κ2) is 3.87. The van der Waals surface area contributed by atoms with Crippen LogP contribution in [0.1, 0.15) is 31.0 Å². The van der Waals surface area contributed by atoms with Gasteiger partial charge in [-0.15, -0.1) is 11.6 Å². The van der Waals surface area contributed by atoms with Crippen molar-refractivity contribution in [1.82, 2.24) is 0 Å². The van der Waals surface area contributed by atoms with E-state index in [1.165, 1.54) is 6.07 Å².